The number of benzene rings is 1. The minimum atomic E-state index is -0.269. The number of rotatable bonds is 5. The van der Waals surface area contributed by atoms with Gasteiger partial charge in [0.1, 0.15) is 0 Å². The van der Waals surface area contributed by atoms with Gasteiger partial charge in [0.2, 0.25) is 5.91 Å². The summed E-state index contributed by atoms with van der Waals surface area (Å²) in [6.07, 6.45) is 3.66. The molecule has 1 aliphatic heterocycles. The zero-order valence-corrected chi connectivity index (χ0v) is 12.7. The third kappa shape index (κ3) is 4.12. The number of nitrogens with zero attached hydrogens (tertiary/aromatic N) is 1. The quantitative estimate of drug-likeness (QED) is 0.666. The molecule has 0 fully saturated rings. The molecular formula is C16H21NO2S. The number of hydrogen-bond donors (Lipinski definition) is 1. The van der Waals surface area contributed by atoms with E-state index in [9.17, 15) is 4.79 Å². The van der Waals surface area contributed by atoms with Crippen LogP contribution in [-0.2, 0) is 16.0 Å². The van der Waals surface area contributed by atoms with Crippen molar-refractivity contribution in [3.8, 4) is 0 Å². The lowest BCUT2D eigenvalue weighted by molar-refractivity contribution is -0.130. The standard InChI is InChI=1S/C16H21NO2S/c1-19-12-14-7-9-17(10-8-14)16(18)15(20)11-13-5-3-2-4-6-13/h2-7,15,20H,8-12H2,1H3. The minimum Gasteiger partial charge on any atom is -0.380 e. The van der Waals surface area contributed by atoms with Crippen LogP contribution in [0.1, 0.15) is 12.0 Å². The normalized spacial score (nSPS) is 16.7. The Morgan fingerprint density at radius 3 is 2.75 bits per heavy atom. The van der Waals surface area contributed by atoms with E-state index in [0.29, 0.717) is 19.6 Å². The molecule has 2 rings (SSSR count). The second-order valence-corrected chi connectivity index (χ2v) is 5.66. The number of thiol groups is 1. The first-order valence-electron chi connectivity index (χ1n) is 6.88. The van der Waals surface area contributed by atoms with E-state index in [2.05, 4.69) is 18.7 Å². The summed E-state index contributed by atoms with van der Waals surface area (Å²) < 4.78 is 5.12. The second kappa shape index (κ2) is 7.50. The Morgan fingerprint density at radius 1 is 1.40 bits per heavy atom. The van der Waals surface area contributed by atoms with Gasteiger partial charge in [0.05, 0.1) is 11.9 Å². The van der Waals surface area contributed by atoms with E-state index in [0.717, 1.165) is 18.5 Å². The summed E-state index contributed by atoms with van der Waals surface area (Å²) in [5.41, 5.74) is 2.42. The van der Waals surface area contributed by atoms with Gasteiger partial charge in [0, 0.05) is 20.2 Å². The van der Waals surface area contributed by atoms with Gasteiger partial charge < -0.3 is 9.64 Å². The van der Waals surface area contributed by atoms with Crippen LogP contribution in [0.3, 0.4) is 0 Å². The Morgan fingerprint density at radius 2 is 2.15 bits per heavy atom. The summed E-state index contributed by atoms with van der Waals surface area (Å²) in [4.78, 5) is 14.2. The number of carbonyl (C=O) groups excluding carboxylic acids is 1. The van der Waals surface area contributed by atoms with Gasteiger partial charge in [-0.1, -0.05) is 36.4 Å². The highest BCUT2D eigenvalue weighted by Crippen LogP contribution is 2.15. The molecule has 1 heterocycles. The predicted molar refractivity (Wildman–Crippen MR) is 84.1 cm³/mol. The summed E-state index contributed by atoms with van der Waals surface area (Å²) >= 11 is 4.47. The lowest BCUT2D eigenvalue weighted by Crippen LogP contribution is -2.40. The van der Waals surface area contributed by atoms with Gasteiger partial charge in [-0.15, -0.1) is 0 Å². The number of carbonyl (C=O) groups is 1. The monoisotopic (exact) mass is 291 g/mol. The molecule has 0 saturated heterocycles. The first-order valence-corrected chi connectivity index (χ1v) is 7.40. The highest BCUT2D eigenvalue weighted by atomic mass is 32.1. The van der Waals surface area contributed by atoms with Crippen molar-refractivity contribution >= 4 is 18.5 Å². The Labute approximate surface area is 126 Å². The van der Waals surface area contributed by atoms with Crippen molar-refractivity contribution in [1.82, 2.24) is 4.90 Å². The molecule has 20 heavy (non-hydrogen) atoms. The SMILES string of the molecule is COCC1=CCN(C(=O)C(S)Cc2ccccc2)CC1. The van der Waals surface area contributed by atoms with Crippen molar-refractivity contribution in [2.24, 2.45) is 0 Å². The molecule has 0 bridgehead atoms. The van der Waals surface area contributed by atoms with Gasteiger partial charge in [0.25, 0.3) is 0 Å². The average Bonchev–Trinajstić information content (AvgIpc) is 2.48. The van der Waals surface area contributed by atoms with Crippen molar-refractivity contribution in [3.63, 3.8) is 0 Å². The molecule has 1 atom stereocenters. The first kappa shape index (κ1) is 15.1. The summed E-state index contributed by atoms with van der Waals surface area (Å²) in [6, 6.07) is 10.0. The number of amides is 1. The minimum absolute atomic E-state index is 0.116. The molecule has 1 aromatic rings. The molecule has 4 heteroatoms. The van der Waals surface area contributed by atoms with Crippen molar-refractivity contribution < 1.29 is 9.53 Å². The smallest absolute Gasteiger partial charge is 0.236 e. The van der Waals surface area contributed by atoms with Crippen molar-refractivity contribution in [2.75, 3.05) is 26.8 Å². The van der Waals surface area contributed by atoms with Gasteiger partial charge in [-0.05, 0) is 24.0 Å². The Bertz CT molecular complexity index is 473. The summed E-state index contributed by atoms with van der Waals surface area (Å²) in [6.45, 7) is 2.10. The van der Waals surface area contributed by atoms with E-state index in [1.165, 1.54) is 5.57 Å². The Hall–Kier alpha value is -1.26. The summed E-state index contributed by atoms with van der Waals surface area (Å²) in [5.74, 6) is 0.116. The van der Waals surface area contributed by atoms with Crippen LogP contribution in [0.4, 0.5) is 0 Å². The molecule has 1 amide bonds. The summed E-state index contributed by atoms with van der Waals surface area (Å²) in [5, 5.41) is -0.269. The topological polar surface area (TPSA) is 29.5 Å². The van der Waals surface area contributed by atoms with Crippen LogP contribution in [0.5, 0.6) is 0 Å². The van der Waals surface area contributed by atoms with Crippen molar-refractivity contribution in [3.05, 3.63) is 47.5 Å². The number of hydrogen-bond acceptors (Lipinski definition) is 3. The maximum absolute atomic E-state index is 12.4. The fraction of sp³-hybridized carbons (Fsp3) is 0.438. The molecule has 0 saturated carbocycles. The Kier molecular flexibility index (Phi) is 5.68. The van der Waals surface area contributed by atoms with E-state index < -0.39 is 0 Å². The van der Waals surface area contributed by atoms with Crippen LogP contribution in [0.15, 0.2) is 42.0 Å². The molecule has 0 aliphatic carbocycles. The zero-order valence-electron chi connectivity index (χ0n) is 11.8. The van der Waals surface area contributed by atoms with E-state index in [1.54, 1.807) is 7.11 Å². The Balaban J connectivity index is 1.88. The second-order valence-electron chi connectivity index (χ2n) is 5.04. The fourth-order valence-electron chi connectivity index (χ4n) is 2.36. The van der Waals surface area contributed by atoms with Crippen LogP contribution in [0, 0.1) is 0 Å². The van der Waals surface area contributed by atoms with E-state index in [1.807, 2.05) is 35.2 Å². The van der Waals surface area contributed by atoms with Gasteiger partial charge in [-0.3, -0.25) is 4.79 Å². The molecule has 3 nitrogen and oxygen atoms in total. The maximum Gasteiger partial charge on any atom is 0.236 e. The lowest BCUT2D eigenvalue weighted by Gasteiger charge is -2.28. The molecule has 108 valence electrons. The highest BCUT2D eigenvalue weighted by Gasteiger charge is 2.23. The van der Waals surface area contributed by atoms with Gasteiger partial charge in [-0.2, -0.15) is 12.6 Å². The van der Waals surface area contributed by atoms with Gasteiger partial charge in [0.15, 0.2) is 0 Å². The molecule has 1 unspecified atom stereocenters. The van der Waals surface area contributed by atoms with Crippen molar-refractivity contribution in [1.29, 1.82) is 0 Å². The van der Waals surface area contributed by atoms with Crippen LogP contribution < -0.4 is 0 Å². The molecule has 0 spiro atoms. The van der Waals surface area contributed by atoms with Crippen LogP contribution in [0.2, 0.25) is 0 Å². The molecular weight excluding hydrogens is 270 g/mol. The molecule has 0 N–H and O–H groups in total. The number of ether oxygens (including phenoxy) is 1. The van der Waals surface area contributed by atoms with Gasteiger partial charge in [-0.25, -0.2) is 0 Å². The van der Waals surface area contributed by atoms with E-state index in [4.69, 9.17) is 4.74 Å². The zero-order chi connectivity index (χ0) is 14.4. The number of methoxy groups -OCH3 is 1. The highest BCUT2D eigenvalue weighted by molar-refractivity contribution is 7.81. The first-order chi connectivity index (χ1) is 9.70. The van der Waals surface area contributed by atoms with Crippen LogP contribution in [0.25, 0.3) is 0 Å². The maximum atomic E-state index is 12.4. The third-order valence-corrected chi connectivity index (χ3v) is 3.90. The van der Waals surface area contributed by atoms with E-state index in [-0.39, 0.29) is 11.2 Å². The fourth-order valence-corrected chi connectivity index (χ4v) is 2.74. The molecule has 0 aromatic heterocycles. The average molecular weight is 291 g/mol. The molecule has 0 radical (unpaired) electrons. The van der Waals surface area contributed by atoms with Crippen LogP contribution in [-0.4, -0.2) is 42.9 Å². The van der Waals surface area contributed by atoms with Gasteiger partial charge >= 0.3 is 0 Å². The summed E-state index contributed by atoms with van der Waals surface area (Å²) in [7, 11) is 1.70. The molecule has 1 aromatic carbocycles. The van der Waals surface area contributed by atoms with Crippen molar-refractivity contribution in [2.45, 2.75) is 18.1 Å². The predicted octanol–water partition coefficient (Wildman–Crippen LogP) is 2.33. The lowest BCUT2D eigenvalue weighted by atomic mass is 10.1. The van der Waals surface area contributed by atoms with Crippen LogP contribution >= 0.6 is 12.6 Å². The van der Waals surface area contributed by atoms with E-state index >= 15 is 0 Å². The third-order valence-electron chi connectivity index (χ3n) is 3.50. The molecule has 1 aliphatic rings. The largest absolute Gasteiger partial charge is 0.380 e.